The van der Waals surface area contributed by atoms with Crippen molar-refractivity contribution in [3.05, 3.63) is 33.3 Å². The Morgan fingerprint density at radius 2 is 2.10 bits per heavy atom. The van der Waals surface area contributed by atoms with Crippen LogP contribution in [0.25, 0.3) is 0 Å². The SMILES string of the molecule is CCC(C#N)N1CCN(C(=O)c2cc(Br)ccc2Cl)CC1. The molecule has 4 nitrogen and oxygen atoms in total. The van der Waals surface area contributed by atoms with Gasteiger partial charge in [-0.1, -0.05) is 34.5 Å². The number of rotatable bonds is 3. The number of amides is 1. The number of carbonyl (C=O) groups is 1. The minimum absolute atomic E-state index is 0.0500. The number of halogens is 2. The van der Waals surface area contributed by atoms with Crippen molar-refractivity contribution in [1.29, 1.82) is 5.26 Å². The summed E-state index contributed by atoms with van der Waals surface area (Å²) in [5, 5.41) is 9.57. The van der Waals surface area contributed by atoms with Crippen molar-refractivity contribution in [1.82, 2.24) is 9.80 Å². The van der Waals surface area contributed by atoms with Crippen molar-refractivity contribution in [2.45, 2.75) is 19.4 Å². The molecule has 1 saturated heterocycles. The molecule has 0 spiro atoms. The molecule has 112 valence electrons. The van der Waals surface area contributed by atoms with E-state index in [0.717, 1.165) is 24.0 Å². The van der Waals surface area contributed by atoms with Crippen LogP contribution in [0.2, 0.25) is 5.02 Å². The largest absolute Gasteiger partial charge is 0.336 e. The molecule has 6 heteroatoms. The molecule has 1 aromatic carbocycles. The molecule has 1 fully saturated rings. The number of hydrogen-bond donors (Lipinski definition) is 0. The lowest BCUT2D eigenvalue weighted by atomic mass is 10.1. The van der Waals surface area contributed by atoms with Gasteiger partial charge in [-0.25, -0.2) is 0 Å². The first-order valence-electron chi connectivity index (χ1n) is 6.94. The number of nitriles is 1. The van der Waals surface area contributed by atoms with Crippen LogP contribution in [-0.4, -0.2) is 47.9 Å². The Morgan fingerprint density at radius 3 is 2.67 bits per heavy atom. The average Bonchev–Trinajstić information content (AvgIpc) is 2.51. The first-order valence-corrected chi connectivity index (χ1v) is 8.12. The zero-order chi connectivity index (χ0) is 15.4. The van der Waals surface area contributed by atoms with E-state index in [0.29, 0.717) is 23.7 Å². The third-order valence-electron chi connectivity index (χ3n) is 3.74. The highest BCUT2D eigenvalue weighted by molar-refractivity contribution is 9.10. The second-order valence-electron chi connectivity index (χ2n) is 5.01. The molecule has 0 aliphatic carbocycles. The van der Waals surface area contributed by atoms with Gasteiger partial charge in [0, 0.05) is 30.7 Å². The second-order valence-corrected chi connectivity index (χ2v) is 6.33. The van der Waals surface area contributed by atoms with Crippen molar-refractivity contribution in [3.63, 3.8) is 0 Å². The normalized spacial score (nSPS) is 17.3. The van der Waals surface area contributed by atoms with E-state index in [2.05, 4.69) is 26.9 Å². The maximum Gasteiger partial charge on any atom is 0.255 e. The van der Waals surface area contributed by atoms with Crippen molar-refractivity contribution in [2.75, 3.05) is 26.2 Å². The molecule has 1 aromatic rings. The molecule has 1 atom stereocenters. The minimum Gasteiger partial charge on any atom is -0.336 e. The molecule has 1 heterocycles. The van der Waals surface area contributed by atoms with Gasteiger partial charge in [0.2, 0.25) is 0 Å². The molecular formula is C15H17BrClN3O. The molecule has 1 aliphatic rings. The minimum atomic E-state index is -0.0586. The van der Waals surface area contributed by atoms with Gasteiger partial charge in [0.15, 0.2) is 0 Å². The first kappa shape index (κ1) is 16.3. The summed E-state index contributed by atoms with van der Waals surface area (Å²) in [6.45, 7) is 4.71. The van der Waals surface area contributed by atoms with Crippen molar-refractivity contribution in [3.8, 4) is 6.07 Å². The van der Waals surface area contributed by atoms with E-state index >= 15 is 0 Å². The van der Waals surface area contributed by atoms with E-state index in [1.54, 1.807) is 17.0 Å². The van der Waals surface area contributed by atoms with Gasteiger partial charge in [-0.3, -0.25) is 9.69 Å². The molecule has 1 unspecified atom stereocenters. The quantitative estimate of drug-likeness (QED) is 0.821. The Morgan fingerprint density at radius 1 is 1.43 bits per heavy atom. The van der Waals surface area contributed by atoms with E-state index in [9.17, 15) is 4.79 Å². The number of benzene rings is 1. The van der Waals surface area contributed by atoms with Crippen LogP contribution in [-0.2, 0) is 0 Å². The predicted molar refractivity (Wildman–Crippen MR) is 86.3 cm³/mol. The van der Waals surface area contributed by atoms with Gasteiger partial charge in [0.05, 0.1) is 22.7 Å². The lowest BCUT2D eigenvalue weighted by Crippen LogP contribution is -2.51. The van der Waals surface area contributed by atoms with E-state index in [1.807, 2.05) is 13.0 Å². The predicted octanol–water partition coefficient (Wildman–Crippen LogP) is 3.16. The maximum atomic E-state index is 12.5. The van der Waals surface area contributed by atoms with E-state index < -0.39 is 0 Å². The topological polar surface area (TPSA) is 47.3 Å². The van der Waals surface area contributed by atoms with Crippen molar-refractivity contribution >= 4 is 33.4 Å². The zero-order valence-electron chi connectivity index (χ0n) is 11.9. The summed E-state index contributed by atoms with van der Waals surface area (Å²) in [6, 6.07) is 7.54. The zero-order valence-corrected chi connectivity index (χ0v) is 14.2. The average molecular weight is 371 g/mol. The number of piperazine rings is 1. The van der Waals surface area contributed by atoms with Gasteiger partial charge in [0.1, 0.15) is 0 Å². The molecule has 0 N–H and O–H groups in total. The second kappa shape index (κ2) is 7.26. The summed E-state index contributed by atoms with van der Waals surface area (Å²) in [4.78, 5) is 16.5. The highest BCUT2D eigenvalue weighted by Gasteiger charge is 2.26. The molecular weight excluding hydrogens is 354 g/mol. The lowest BCUT2D eigenvalue weighted by Gasteiger charge is -2.36. The van der Waals surface area contributed by atoms with Crippen molar-refractivity contribution in [2.24, 2.45) is 0 Å². The summed E-state index contributed by atoms with van der Waals surface area (Å²) in [6.07, 6.45) is 0.807. The maximum absolute atomic E-state index is 12.5. The number of carbonyl (C=O) groups excluding carboxylic acids is 1. The smallest absolute Gasteiger partial charge is 0.255 e. The highest BCUT2D eigenvalue weighted by Crippen LogP contribution is 2.23. The Balaban J connectivity index is 2.04. The van der Waals surface area contributed by atoms with Crippen LogP contribution in [0.5, 0.6) is 0 Å². The third kappa shape index (κ3) is 3.76. The summed E-state index contributed by atoms with van der Waals surface area (Å²) < 4.78 is 0.837. The Bertz CT molecular complexity index is 565. The Kier molecular flexibility index (Phi) is 5.63. The first-order chi connectivity index (χ1) is 10.1. The van der Waals surface area contributed by atoms with E-state index in [1.165, 1.54) is 0 Å². The molecule has 0 aromatic heterocycles. The standard InChI is InChI=1S/C15H17BrClN3O/c1-2-12(10-18)19-5-7-20(8-6-19)15(21)13-9-11(16)3-4-14(13)17/h3-4,9,12H,2,5-8H2,1H3. The van der Waals surface area contributed by atoms with Gasteiger partial charge >= 0.3 is 0 Å². The molecule has 2 rings (SSSR count). The van der Waals surface area contributed by atoms with Crippen LogP contribution in [0.3, 0.4) is 0 Å². The molecule has 21 heavy (non-hydrogen) atoms. The fourth-order valence-corrected chi connectivity index (χ4v) is 3.06. The fraction of sp³-hybridized carbons (Fsp3) is 0.467. The molecule has 1 aliphatic heterocycles. The van der Waals surface area contributed by atoms with Gasteiger partial charge in [-0.15, -0.1) is 0 Å². The fourth-order valence-electron chi connectivity index (χ4n) is 2.50. The van der Waals surface area contributed by atoms with Crippen molar-refractivity contribution < 1.29 is 4.79 Å². The summed E-state index contributed by atoms with van der Waals surface area (Å²) >= 11 is 9.47. The van der Waals surface area contributed by atoms with Gasteiger partial charge in [0.25, 0.3) is 5.91 Å². The summed E-state index contributed by atoms with van der Waals surface area (Å²) in [5.74, 6) is -0.0500. The Labute approximate surface area is 138 Å². The van der Waals surface area contributed by atoms with Gasteiger partial charge in [-0.05, 0) is 24.6 Å². The van der Waals surface area contributed by atoms with Crippen LogP contribution in [0.4, 0.5) is 0 Å². The van der Waals surface area contributed by atoms with E-state index in [4.69, 9.17) is 16.9 Å². The molecule has 0 saturated carbocycles. The highest BCUT2D eigenvalue weighted by atomic mass is 79.9. The molecule has 1 amide bonds. The molecule has 0 radical (unpaired) electrons. The summed E-state index contributed by atoms with van der Waals surface area (Å²) in [7, 11) is 0. The lowest BCUT2D eigenvalue weighted by molar-refractivity contribution is 0.0604. The van der Waals surface area contributed by atoms with Crippen LogP contribution < -0.4 is 0 Å². The van der Waals surface area contributed by atoms with Crippen LogP contribution in [0.1, 0.15) is 23.7 Å². The van der Waals surface area contributed by atoms with Crippen LogP contribution in [0, 0.1) is 11.3 Å². The van der Waals surface area contributed by atoms with Gasteiger partial charge < -0.3 is 4.90 Å². The number of nitrogens with zero attached hydrogens (tertiary/aromatic N) is 3. The Hall–Kier alpha value is -1.09. The monoisotopic (exact) mass is 369 g/mol. The number of hydrogen-bond acceptors (Lipinski definition) is 3. The summed E-state index contributed by atoms with van der Waals surface area (Å²) in [5.41, 5.74) is 0.520. The van der Waals surface area contributed by atoms with Crippen LogP contribution in [0.15, 0.2) is 22.7 Å². The van der Waals surface area contributed by atoms with E-state index in [-0.39, 0.29) is 11.9 Å². The molecule has 0 bridgehead atoms. The third-order valence-corrected chi connectivity index (χ3v) is 4.56. The van der Waals surface area contributed by atoms with Crippen LogP contribution >= 0.6 is 27.5 Å². The van der Waals surface area contributed by atoms with Gasteiger partial charge in [-0.2, -0.15) is 5.26 Å².